The third kappa shape index (κ3) is 8.28. The van der Waals surface area contributed by atoms with Crippen molar-refractivity contribution < 1.29 is 27.2 Å². The van der Waals surface area contributed by atoms with Crippen LogP contribution < -0.4 is 15.4 Å². The zero-order chi connectivity index (χ0) is 30.3. The Labute approximate surface area is 244 Å². The lowest BCUT2D eigenvalue weighted by Crippen LogP contribution is -2.44. The topological polar surface area (TPSA) is 165 Å². The summed E-state index contributed by atoms with van der Waals surface area (Å²) < 4.78 is 40.3. The number of aromatic nitrogens is 4. The van der Waals surface area contributed by atoms with Crippen LogP contribution in [0.1, 0.15) is 21.5 Å². The van der Waals surface area contributed by atoms with Crippen molar-refractivity contribution in [1.82, 2.24) is 30.2 Å². The van der Waals surface area contributed by atoms with Crippen molar-refractivity contribution in [3.63, 3.8) is 0 Å². The van der Waals surface area contributed by atoms with Gasteiger partial charge in [0.2, 0.25) is 21.8 Å². The number of tetrazole rings is 1. The van der Waals surface area contributed by atoms with E-state index in [1.54, 1.807) is 53.3 Å². The largest absolute Gasteiger partial charge is 0.340 e. The van der Waals surface area contributed by atoms with Crippen molar-refractivity contribution in [2.75, 3.05) is 11.6 Å². The van der Waals surface area contributed by atoms with Crippen LogP contribution in [0.15, 0.2) is 79.1 Å². The smallest absolute Gasteiger partial charge is 0.267 e. The van der Waals surface area contributed by atoms with Gasteiger partial charge >= 0.3 is 0 Å². The predicted molar refractivity (Wildman–Crippen MR) is 153 cm³/mol. The van der Waals surface area contributed by atoms with Gasteiger partial charge in [-0.3, -0.25) is 14.4 Å². The van der Waals surface area contributed by atoms with Gasteiger partial charge in [0.15, 0.2) is 0 Å². The Kier molecular flexibility index (Phi) is 9.39. The van der Waals surface area contributed by atoms with Crippen LogP contribution in [0.3, 0.4) is 0 Å². The molecule has 1 atom stereocenters. The van der Waals surface area contributed by atoms with Gasteiger partial charge in [-0.05, 0) is 58.5 Å². The number of rotatable bonds is 10. The number of anilines is 1. The number of carbonyl (C=O) groups is 3. The molecule has 3 aromatic carbocycles. The minimum absolute atomic E-state index is 0.0127. The molecule has 0 spiro atoms. The van der Waals surface area contributed by atoms with Gasteiger partial charge in [-0.2, -0.15) is 4.68 Å². The van der Waals surface area contributed by atoms with E-state index in [0.717, 1.165) is 24.0 Å². The lowest BCUT2D eigenvalue weighted by molar-refractivity contribution is -0.123. The molecule has 3 amide bonds. The van der Waals surface area contributed by atoms with Gasteiger partial charge in [-0.15, -0.1) is 5.10 Å². The number of halogens is 2. The molecule has 15 heteroatoms. The molecule has 0 fully saturated rings. The Morgan fingerprint density at radius 3 is 2.50 bits per heavy atom. The van der Waals surface area contributed by atoms with Crippen LogP contribution in [-0.2, 0) is 26.0 Å². The van der Waals surface area contributed by atoms with E-state index in [4.69, 9.17) is 11.6 Å². The first-order valence-electron chi connectivity index (χ1n) is 12.2. The Morgan fingerprint density at radius 1 is 1.07 bits per heavy atom. The lowest BCUT2D eigenvalue weighted by Gasteiger charge is -2.18. The first-order chi connectivity index (χ1) is 20.0. The van der Waals surface area contributed by atoms with Crippen LogP contribution in [0, 0.1) is 5.82 Å². The first-order valence-corrected chi connectivity index (χ1v) is 14.4. The molecular formula is C27H23ClFN7O5S. The number of amides is 3. The van der Waals surface area contributed by atoms with Crippen LogP contribution in [0.5, 0.6) is 0 Å². The van der Waals surface area contributed by atoms with E-state index in [0.29, 0.717) is 16.3 Å². The number of carbonyl (C=O) groups excluding carboxylic acids is 3. The number of sulfonamides is 1. The summed E-state index contributed by atoms with van der Waals surface area (Å²) in [4.78, 5) is 38.2. The molecule has 42 heavy (non-hydrogen) atoms. The summed E-state index contributed by atoms with van der Waals surface area (Å²) in [6.45, 7) is 0. The molecule has 0 unspecified atom stereocenters. The van der Waals surface area contributed by atoms with Crippen LogP contribution >= 0.6 is 11.6 Å². The summed E-state index contributed by atoms with van der Waals surface area (Å²) in [5.74, 6) is -3.48. The number of benzene rings is 3. The molecule has 3 N–H and O–H groups in total. The highest BCUT2D eigenvalue weighted by atomic mass is 35.5. The highest BCUT2D eigenvalue weighted by Gasteiger charge is 2.22. The van der Waals surface area contributed by atoms with Crippen molar-refractivity contribution in [1.29, 1.82) is 0 Å². The standard InChI is InChI=1S/C27H23ClFN7O5S/c1-42(40,41)33-26(38)21-10-9-20(15-22(21)29)31-27(39)23(13-17-5-3-2-4-6-17)32-25(37)12-7-18-14-19(28)8-11-24(18)36-16-30-34-35-36/h2-12,14-16,23H,13H2,1H3,(H,31,39)(H,32,37)(H,33,38)/b12-7+/t23-/m0/s1. The molecule has 0 aliphatic rings. The van der Waals surface area contributed by atoms with Crippen LogP contribution in [0.2, 0.25) is 5.02 Å². The summed E-state index contributed by atoms with van der Waals surface area (Å²) >= 11 is 6.13. The SMILES string of the molecule is CS(=O)(=O)NC(=O)c1ccc(NC(=O)[C@H](Cc2ccccc2)NC(=O)/C=C/c2cc(Cl)ccc2-n2cnnn2)cc1F. The first kappa shape index (κ1) is 30.0. The Hall–Kier alpha value is -4.95. The van der Waals surface area contributed by atoms with E-state index in [-0.39, 0.29) is 12.1 Å². The van der Waals surface area contributed by atoms with Crippen molar-refractivity contribution >= 4 is 51.1 Å². The van der Waals surface area contributed by atoms with Gasteiger partial charge in [0.1, 0.15) is 18.2 Å². The minimum Gasteiger partial charge on any atom is -0.340 e. The third-order valence-electron chi connectivity index (χ3n) is 5.67. The normalized spacial score (nSPS) is 12.1. The monoisotopic (exact) mass is 611 g/mol. The lowest BCUT2D eigenvalue weighted by atomic mass is 10.0. The molecule has 0 saturated carbocycles. The molecule has 0 radical (unpaired) electrons. The number of hydrogen-bond acceptors (Lipinski definition) is 8. The fraction of sp³-hybridized carbons (Fsp3) is 0.111. The van der Waals surface area contributed by atoms with E-state index in [1.807, 2.05) is 0 Å². The maximum absolute atomic E-state index is 14.6. The van der Waals surface area contributed by atoms with E-state index < -0.39 is 45.2 Å². The van der Waals surface area contributed by atoms with E-state index >= 15 is 0 Å². The van der Waals surface area contributed by atoms with Crippen molar-refractivity contribution in [2.45, 2.75) is 12.5 Å². The van der Waals surface area contributed by atoms with Crippen molar-refractivity contribution in [2.24, 2.45) is 0 Å². The van der Waals surface area contributed by atoms with Gasteiger partial charge in [0, 0.05) is 28.8 Å². The zero-order valence-corrected chi connectivity index (χ0v) is 23.4. The molecule has 0 aliphatic carbocycles. The fourth-order valence-corrected chi connectivity index (χ4v) is 4.44. The zero-order valence-electron chi connectivity index (χ0n) is 21.9. The summed E-state index contributed by atoms with van der Waals surface area (Å²) in [5.41, 5.74) is 1.30. The second-order valence-corrected chi connectivity index (χ2v) is 11.1. The quantitative estimate of drug-likeness (QED) is 0.230. The summed E-state index contributed by atoms with van der Waals surface area (Å²) in [7, 11) is -3.91. The van der Waals surface area contributed by atoms with E-state index in [2.05, 4.69) is 26.2 Å². The number of hydrogen-bond donors (Lipinski definition) is 3. The van der Waals surface area contributed by atoms with Gasteiger partial charge in [0.05, 0.1) is 17.5 Å². The molecule has 0 bridgehead atoms. The van der Waals surface area contributed by atoms with Crippen LogP contribution in [0.4, 0.5) is 10.1 Å². The van der Waals surface area contributed by atoms with Crippen molar-refractivity contribution in [3.05, 3.63) is 107 Å². The van der Waals surface area contributed by atoms with Gasteiger partial charge in [-0.25, -0.2) is 17.5 Å². The molecule has 4 rings (SSSR count). The van der Waals surface area contributed by atoms with Gasteiger partial charge < -0.3 is 10.6 Å². The number of nitrogens with zero attached hydrogens (tertiary/aromatic N) is 4. The predicted octanol–water partition coefficient (Wildman–Crippen LogP) is 2.52. The molecule has 12 nitrogen and oxygen atoms in total. The van der Waals surface area contributed by atoms with E-state index in [9.17, 15) is 27.2 Å². The average Bonchev–Trinajstić information content (AvgIpc) is 3.46. The highest BCUT2D eigenvalue weighted by molar-refractivity contribution is 7.89. The Morgan fingerprint density at radius 2 is 1.83 bits per heavy atom. The van der Waals surface area contributed by atoms with Gasteiger partial charge in [0.25, 0.3) is 5.91 Å². The maximum atomic E-state index is 14.6. The molecular weight excluding hydrogens is 589 g/mol. The average molecular weight is 612 g/mol. The molecule has 1 heterocycles. The number of nitrogens with one attached hydrogen (secondary N) is 3. The molecule has 4 aromatic rings. The molecule has 1 aromatic heterocycles. The highest BCUT2D eigenvalue weighted by Crippen LogP contribution is 2.20. The Balaban J connectivity index is 1.52. The molecule has 0 aliphatic heterocycles. The van der Waals surface area contributed by atoms with Gasteiger partial charge in [-0.1, -0.05) is 41.9 Å². The maximum Gasteiger partial charge on any atom is 0.267 e. The molecule has 0 saturated heterocycles. The second-order valence-electron chi connectivity index (χ2n) is 8.93. The fourth-order valence-electron chi connectivity index (χ4n) is 3.81. The van der Waals surface area contributed by atoms with E-state index in [1.165, 1.54) is 29.2 Å². The van der Waals surface area contributed by atoms with Crippen molar-refractivity contribution in [3.8, 4) is 5.69 Å². The Bertz CT molecular complexity index is 1750. The summed E-state index contributed by atoms with van der Waals surface area (Å²) in [5, 5.41) is 16.7. The third-order valence-corrected chi connectivity index (χ3v) is 6.47. The summed E-state index contributed by atoms with van der Waals surface area (Å²) in [6.07, 6.45) is 4.96. The summed E-state index contributed by atoms with van der Waals surface area (Å²) in [6, 6.07) is 15.9. The minimum atomic E-state index is -3.91. The van der Waals surface area contributed by atoms with Crippen LogP contribution in [-0.4, -0.2) is 58.6 Å². The van der Waals surface area contributed by atoms with Crippen LogP contribution in [0.25, 0.3) is 11.8 Å². The molecule has 216 valence electrons. The second kappa shape index (κ2) is 13.1.